The highest BCUT2D eigenvalue weighted by atomic mass is 32.2. The van der Waals surface area contributed by atoms with Crippen molar-refractivity contribution in [3.63, 3.8) is 0 Å². The van der Waals surface area contributed by atoms with E-state index in [1.54, 1.807) is 11.8 Å². The monoisotopic (exact) mass is 299 g/mol. The quantitative estimate of drug-likeness (QED) is 0.681. The molecule has 1 saturated carbocycles. The van der Waals surface area contributed by atoms with Crippen LogP contribution in [0.5, 0.6) is 0 Å². The highest BCUT2D eigenvalue weighted by Crippen LogP contribution is 2.24. The molecule has 108 valence electrons. The number of hydrogen-bond donors (Lipinski definition) is 2. The molecule has 1 fully saturated rings. The van der Waals surface area contributed by atoms with Crippen LogP contribution in [0.15, 0.2) is 46.0 Å². The summed E-state index contributed by atoms with van der Waals surface area (Å²) >= 11 is 1.67. The van der Waals surface area contributed by atoms with Crippen LogP contribution < -0.4 is 5.32 Å². The fraction of sp³-hybridized carbons (Fsp3) is 0.312. The molecule has 1 aliphatic carbocycles. The van der Waals surface area contributed by atoms with Gasteiger partial charge < -0.3 is 14.7 Å². The van der Waals surface area contributed by atoms with Crippen LogP contribution in [0, 0.1) is 0 Å². The summed E-state index contributed by atoms with van der Waals surface area (Å²) in [7, 11) is 0. The summed E-state index contributed by atoms with van der Waals surface area (Å²) < 4.78 is 5.83. The predicted molar refractivity (Wildman–Crippen MR) is 84.2 cm³/mol. The molecule has 0 aliphatic heterocycles. The van der Waals surface area contributed by atoms with E-state index in [1.807, 2.05) is 24.3 Å². The van der Waals surface area contributed by atoms with Crippen LogP contribution in [0.1, 0.15) is 24.4 Å². The molecule has 0 spiro atoms. The van der Waals surface area contributed by atoms with Crippen molar-refractivity contribution in [3.8, 4) is 0 Å². The van der Waals surface area contributed by atoms with E-state index >= 15 is 0 Å². The van der Waals surface area contributed by atoms with Gasteiger partial charge in [0.15, 0.2) is 5.16 Å². The number of hydrogen-bond acceptors (Lipinski definition) is 4. The maximum atomic E-state index is 5.83. The maximum absolute atomic E-state index is 5.83. The molecule has 0 unspecified atom stereocenters. The van der Waals surface area contributed by atoms with Gasteiger partial charge in [0.25, 0.3) is 0 Å². The molecular weight excluding hydrogens is 282 g/mol. The molecule has 0 atom stereocenters. The third-order valence-corrected chi connectivity index (χ3v) is 4.47. The van der Waals surface area contributed by atoms with Crippen molar-refractivity contribution in [2.75, 3.05) is 0 Å². The number of aromatic amines is 1. The normalized spacial score (nSPS) is 14.9. The van der Waals surface area contributed by atoms with E-state index < -0.39 is 0 Å². The summed E-state index contributed by atoms with van der Waals surface area (Å²) in [6.07, 6.45) is 2.60. The van der Waals surface area contributed by atoms with Crippen molar-refractivity contribution in [2.24, 2.45) is 0 Å². The number of nitrogens with one attached hydrogen (secondary N) is 2. The second-order valence-electron chi connectivity index (χ2n) is 5.37. The van der Waals surface area contributed by atoms with Gasteiger partial charge in [-0.15, -0.1) is 0 Å². The largest absolute Gasteiger partial charge is 0.464 e. The Morgan fingerprint density at radius 1 is 1.19 bits per heavy atom. The minimum Gasteiger partial charge on any atom is -0.464 e. The van der Waals surface area contributed by atoms with Crippen LogP contribution in [0.4, 0.5) is 0 Å². The van der Waals surface area contributed by atoms with Crippen molar-refractivity contribution in [1.29, 1.82) is 0 Å². The first-order chi connectivity index (χ1) is 10.4. The Balaban J connectivity index is 1.37. The summed E-state index contributed by atoms with van der Waals surface area (Å²) in [6, 6.07) is 12.9. The van der Waals surface area contributed by atoms with Crippen LogP contribution in [0.2, 0.25) is 0 Å². The fourth-order valence-electron chi connectivity index (χ4n) is 2.26. The van der Waals surface area contributed by atoms with Gasteiger partial charge in [-0.3, -0.25) is 0 Å². The molecule has 4 nitrogen and oxygen atoms in total. The molecule has 0 amide bonds. The zero-order valence-electron chi connectivity index (χ0n) is 11.6. The Kier molecular flexibility index (Phi) is 3.45. The third-order valence-electron chi connectivity index (χ3n) is 3.58. The van der Waals surface area contributed by atoms with Gasteiger partial charge in [0.05, 0.1) is 23.3 Å². The van der Waals surface area contributed by atoms with Crippen molar-refractivity contribution in [2.45, 2.75) is 36.3 Å². The second-order valence-corrected chi connectivity index (χ2v) is 6.34. The van der Waals surface area contributed by atoms with Gasteiger partial charge >= 0.3 is 0 Å². The molecule has 2 heterocycles. The molecule has 4 rings (SSSR count). The van der Waals surface area contributed by atoms with Crippen LogP contribution >= 0.6 is 11.8 Å². The maximum Gasteiger partial charge on any atom is 0.166 e. The first kappa shape index (κ1) is 13.0. The minimum absolute atomic E-state index is 0.712. The number of furan rings is 1. The lowest BCUT2D eigenvalue weighted by atomic mass is 10.3. The van der Waals surface area contributed by atoms with Gasteiger partial charge in [0.1, 0.15) is 11.5 Å². The summed E-state index contributed by atoms with van der Waals surface area (Å²) in [4.78, 5) is 7.87. The minimum atomic E-state index is 0.712. The molecular formula is C16H17N3OS. The van der Waals surface area contributed by atoms with E-state index in [4.69, 9.17) is 4.42 Å². The average molecular weight is 299 g/mol. The number of fused-ring (bicyclic) bond motifs is 1. The molecule has 1 aliphatic rings. The molecule has 2 aromatic heterocycles. The Morgan fingerprint density at radius 2 is 2.05 bits per heavy atom. The number of para-hydroxylation sites is 2. The highest BCUT2D eigenvalue weighted by molar-refractivity contribution is 7.98. The Bertz CT molecular complexity index is 712. The lowest BCUT2D eigenvalue weighted by Gasteiger charge is -1.98. The van der Waals surface area contributed by atoms with Gasteiger partial charge in [-0.1, -0.05) is 23.9 Å². The van der Waals surface area contributed by atoms with E-state index in [0.717, 1.165) is 40.0 Å². The number of thioether (sulfide) groups is 1. The number of benzene rings is 1. The first-order valence-electron chi connectivity index (χ1n) is 7.25. The Labute approximate surface area is 127 Å². The number of rotatable bonds is 6. The van der Waals surface area contributed by atoms with E-state index in [-0.39, 0.29) is 0 Å². The van der Waals surface area contributed by atoms with Gasteiger partial charge in [0.2, 0.25) is 0 Å². The van der Waals surface area contributed by atoms with Gasteiger partial charge in [-0.25, -0.2) is 4.98 Å². The standard InChI is InChI=1S/C16H17N3OS/c1-2-4-15-14(3-1)18-16(19-15)21-10-13-8-7-12(20-13)9-17-11-5-6-11/h1-4,7-8,11,17H,5-6,9-10H2,(H,18,19). The number of imidazole rings is 1. The van der Waals surface area contributed by atoms with E-state index in [0.29, 0.717) is 6.04 Å². The number of nitrogens with zero attached hydrogens (tertiary/aromatic N) is 1. The Hall–Kier alpha value is -1.72. The zero-order valence-corrected chi connectivity index (χ0v) is 12.5. The third kappa shape index (κ3) is 3.14. The lowest BCUT2D eigenvalue weighted by molar-refractivity contribution is 0.458. The van der Waals surface area contributed by atoms with Crippen LogP contribution in [0.3, 0.4) is 0 Å². The summed E-state index contributed by atoms with van der Waals surface area (Å²) in [5.74, 6) is 2.80. The predicted octanol–water partition coefficient (Wildman–Crippen LogP) is 3.70. The molecule has 0 radical (unpaired) electrons. The van der Waals surface area contributed by atoms with E-state index in [9.17, 15) is 0 Å². The van der Waals surface area contributed by atoms with Gasteiger partial charge in [-0.05, 0) is 37.1 Å². The lowest BCUT2D eigenvalue weighted by Crippen LogP contribution is -2.14. The SMILES string of the molecule is c1ccc2[nH]c(SCc3ccc(CNC4CC4)o3)nc2c1. The molecule has 1 aromatic carbocycles. The van der Waals surface area contributed by atoms with E-state index in [2.05, 4.69) is 27.4 Å². The number of H-pyrrole nitrogens is 1. The summed E-state index contributed by atoms with van der Waals surface area (Å²) in [5.41, 5.74) is 2.09. The van der Waals surface area contributed by atoms with E-state index in [1.165, 1.54) is 12.8 Å². The summed E-state index contributed by atoms with van der Waals surface area (Å²) in [5, 5.41) is 4.39. The highest BCUT2D eigenvalue weighted by Gasteiger charge is 2.20. The fourth-order valence-corrected chi connectivity index (χ4v) is 3.04. The van der Waals surface area contributed by atoms with Crippen molar-refractivity contribution in [1.82, 2.24) is 15.3 Å². The molecule has 3 aromatic rings. The average Bonchev–Trinajstić information content (AvgIpc) is 3.07. The van der Waals surface area contributed by atoms with Crippen molar-refractivity contribution >= 4 is 22.8 Å². The summed E-state index contributed by atoms with van der Waals surface area (Å²) in [6.45, 7) is 0.833. The van der Waals surface area contributed by atoms with Gasteiger partial charge in [0, 0.05) is 6.04 Å². The van der Waals surface area contributed by atoms with Crippen LogP contribution in [-0.2, 0) is 12.3 Å². The second kappa shape index (κ2) is 5.58. The van der Waals surface area contributed by atoms with Crippen LogP contribution in [-0.4, -0.2) is 16.0 Å². The molecule has 0 bridgehead atoms. The van der Waals surface area contributed by atoms with Crippen LogP contribution in [0.25, 0.3) is 11.0 Å². The van der Waals surface area contributed by atoms with Gasteiger partial charge in [-0.2, -0.15) is 0 Å². The molecule has 2 N–H and O–H groups in total. The molecule has 21 heavy (non-hydrogen) atoms. The number of aromatic nitrogens is 2. The van der Waals surface area contributed by atoms with Crippen molar-refractivity contribution < 1.29 is 4.42 Å². The first-order valence-corrected chi connectivity index (χ1v) is 8.24. The Morgan fingerprint density at radius 3 is 2.90 bits per heavy atom. The smallest absolute Gasteiger partial charge is 0.166 e. The molecule has 0 saturated heterocycles. The topological polar surface area (TPSA) is 53.9 Å². The van der Waals surface area contributed by atoms with Crippen molar-refractivity contribution in [3.05, 3.63) is 47.9 Å². The molecule has 5 heteroatoms. The zero-order chi connectivity index (χ0) is 14.1.